The summed E-state index contributed by atoms with van der Waals surface area (Å²) in [6, 6.07) is 18.8. The number of alkyl halides is 1. The van der Waals surface area contributed by atoms with E-state index in [1.54, 1.807) is 0 Å². The molecule has 1 heterocycles. The lowest BCUT2D eigenvalue weighted by Crippen LogP contribution is -2.25. The molecule has 0 saturated carbocycles. The first-order valence-corrected chi connectivity index (χ1v) is 6.45. The summed E-state index contributed by atoms with van der Waals surface area (Å²) in [4.78, 5) is 2.30. The molecule has 1 aliphatic heterocycles. The third-order valence-corrected chi connectivity index (χ3v) is 3.57. The molecule has 2 aromatic rings. The van der Waals surface area contributed by atoms with Crippen molar-refractivity contribution in [2.45, 2.75) is 4.17 Å². The van der Waals surface area contributed by atoms with E-state index in [1.165, 1.54) is 17.1 Å². The quantitative estimate of drug-likeness (QED) is 0.485. The number of anilines is 3. The van der Waals surface area contributed by atoms with Gasteiger partial charge in [0.1, 0.15) is 0 Å². The molecule has 1 atom stereocenters. The first-order chi connectivity index (χ1) is 7.86. The van der Waals surface area contributed by atoms with Crippen molar-refractivity contribution in [3.05, 3.63) is 54.6 Å². The highest BCUT2D eigenvalue weighted by atomic mass is 127. The van der Waals surface area contributed by atoms with E-state index in [0.29, 0.717) is 0 Å². The van der Waals surface area contributed by atoms with E-state index in [-0.39, 0.29) is 4.17 Å². The van der Waals surface area contributed by atoms with Crippen molar-refractivity contribution >= 4 is 39.7 Å². The number of hydrogen-bond donors (Lipinski definition) is 1. The molecule has 0 aromatic heterocycles. The van der Waals surface area contributed by atoms with Crippen LogP contribution in [0.5, 0.6) is 0 Å². The third-order valence-electron chi connectivity index (χ3n) is 2.70. The lowest BCUT2D eigenvalue weighted by atomic mass is 10.2. The normalized spacial score (nSPS) is 18.1. The fraction of sp³-hybridized carbons (Fsp3) is 0.0769. The Kier molecular flexibility index (Phi) is 2.47. The zero-order valence-corrected chi connectivity index (χ0v) is 10.8. The van der Waals surface area contributed by atoms with Gasteiger partial charge in [0.05, 0.1) is 11.4 Å². The van der Waals surface area contributed by atoms with Crippen LogP contribution in [0.3, 0.4) is 0 Å². The van der Waals surface area contributed by atoms with Crippen molar-refractivity contribution in [2.24, 2.45) is 0 Å². The first-order valence-electron chi connectivity index (χ1n) is 5.20. The topological polar surface area (TPSA) is 15.3 Å². The van der Waals surface area contributed by atoms with Crippen molar-refractivity contribution in [1.82, 2.24) is 0 Å². The van der Waals surface area contributed by atoms with Gasteiger partial charge < -0.3 is 10.2 Å². The van der Waals surface area contributed by atoms with Crippen LogP contribution in [0.1, 0.15) is 0 Å². The molecule has 0 saturated heterocycles. The highest BCUT2D eigenvalue weighted by molar-refractivity contribution is 14.1. The molecule has 3 heteroatoms. The molecule has 0 aliphatic carbocycles. The molecule has 16 heavy (non-hydrogen) atoms. The van der Waals surface area contributed by atoms with Crippen LogP contribution in [-0.4, -0.2) is 4.17 Å². The van der Waals surface area contributed by atoms with Gasteiger partial charge in [-0.05, 0) is 46.9 Å². The molecule has 1 unspecified atom stereocenters. The van der Waals surface area contributed by atoms with Crippen LogP contribution >= 0.6 is 22.6 Å². The SMILES string of the molecule is IC1Nc2ccccc2N1c1ccccc1. The molecule has 1 N–H and O–H groups in total. The van der Waals surface area contributed by atoms with Crippen LogP contribution in [0.15, 0.2) is 54.6 Å². The number of benzene rings is 2. The van der Waals surface area contributed by atoms with E-state index in [1.807, 2.05) is 6.07 Å². The number of nitrogens with zero attached hydrogens (tertiary/aromatic N) is 1. The van der Waals surface area contributed by atoms with Crippen LogP contribution < -0.4 is 10.2 Å². The van der Waals surface area contributed by atoms with E-state index in [2.05, 4.69) is 81.3 Å². The lowest BCUT2D eigenvalue weighted by molar-refractivity contribution is 1.06. The van der Waals surface area contributed by atoms with Gasteiger partial charge in [0.15, 0.2) is 4.17 Å². The zero-order chi connectivity index (χ0) is 11.0. The summed E-state index contributed by atoms with van der Waals surface area (Å²) >= 11 is 2.41. The van der Waals surface area contributed by atoms with Crippen LogP contribution in [0, 0.1) is 0 Å². The average Bonchev–Trinajstić information content (AvgIpc) is 2.66. The predicted molar refractivity (Wildman–Crippen MR) is 76.5 cm³/mol. The van der Waals surface area contributed by atoms with Gasteiger partial charge in [-0.1, -0.05) is 30.3 Å². The van der Waals surface area contributed by atoms with Gasteiger partial charge in [-0.25, -0.2) is 0 Å². The van der Waals surface area contributed by atoms with Gasteiger partial charge in [0.2, 0.25) is 0 Å². The number of halogens is 1. The molecule has 0 bridgehead atoms. The Bertz CT molecular complexity index is 498. The van der Waals surface area contributed by atoms with E-state index >= 15 is 0 Å². The summed E-state index contributed by atoms with van der Waals surface area (Å²) in [7, 11) is 0. The van der Waals surface area contributed by atoms with Gasteiger partial charge in [-0.3, -0.25) is 0 Å². The average molecular weight is 322 g/mol. The minimum atomic E-state index is 0.275. The molecule has 1 aliphatic rings. The molecule has 0 radical (unpaired) electrons. The van der Waals surface area contributed by atoms with Crippen molar-refractivity contribution in [2.75, 3.05) is 10.2 Å². The molecular formula is C13H11IN2. The lowest BCUT2D eigenvalue weighted by Gasteiger charge is -2.22. The van der Waals surface area contributed by atoms with Crippen molar-refractivity contribution < 1.29 is 0 Å². The smallest absolute Gasteiger partial charge is 0.157 e. The van der Waals surface area contributed by atoms with Gasteiger partial charge in [-0.15, -0.1) is 0 Å². The van der Waals surface area contributed by atoms with Crippen LogP contribution in [-0.2, 0) is 0 Å². The van der Waals surface area contributed by atoms with Crippen LogP contribution in [0.4, 0.5) is 17.1 Å². The molecule has 0 spiro atoms. The molecule has 2 nitrogen and oxygen atoms in total. The second-order valence-corrected chi connectivity index (χ2v) is 4.88. The molecule has 0 amide bonds. The van der Waals surface area contributed by atoms with Gasteiger partial charge in [0.25, 0.3) is 0 Å². The standard InChI is InChI=1S/C13H11IN2/c14-13-15-11-8-4-5-9-12(11)16(13)10-6-2-1-3-7-10/h1-9,13,15H. The zero-order valence-electron chi connectivity index (χ0n) is 8.60. The maximum Gasteiger partial charge on any atom is 0.157 e. The first kappa shape index (κ1) is 9.96. The number of nitrogens with one attached hydrogen (secondary N) is 1. The monoisotopic (exact) mass is 322 g/mol. The summed E-state index contributed by atoms with van der Waals surface area (Å²) in [5, 5.41) is 3.46. The molecule has 2 aromatic carbocycles. The van der Waals surface area contributed by atoms with Gasteiger partial charge >= 0.3 is 0 Å². The summed E-state index contributed by atoms with van der Waals surface area (Å²) < 4.78 is 0.275. The van der Waals surface area contributed by atoms with Crippen LogP contribution in [0.25, 0.3) is 0 Å². The number of rotatable bonds is 1. The van der Waals surface area contributed by atoms with Crippen LogP contribution in [0.2, 0.25) is 0 Å². The third kappa shape index (κ3) is 1.55. The summed E-state index contributed by atoms with van der Waals surface area (Å²) in [6.07, 6.45) is 0. The minimum Gasteiger partial charge on any atom is -0.355 e. The number of hydrogen-bond acceptors (Lipinski definition) is 2. The Hall–Kier alpha value is -1.23. The number of para-hydroxylation sites is 3. The second kappa shape index (κ2) is 3.97. The second-order valence-electron chi connectivity index (χ2n) is 3.70. The van der Waals surface area contributed by atoms with Gasteiger partial charge in [-0.2, -0.15) is 0 Å². The van der Waals surface area contributed by atoms with Crippen molar-refractivity contribution in [3.63, 3.8) is 0 Å². The Morgan fingerprint density at radius 3 is 2.44 bits per heavy atom. The Balaban J connectivity index is 2.09. The molecule has 0 fully saturated rings. The Morgan fingerprint density at radius 2 is 1.62 bits per heavy atom. The highest BCUT2D eigenvalue weighted by Crippen LogP contribution is 2.41. The van der Waals surface area contributed by atoms with Crippen molar-refractivity contribution in [3.8, 4) is 0 Å². The molecule has 3 rings (SSSR count). The minimum absolute atomic E-state index is 0.275. The predicted octanol–water partition coefficient (Wildman–Crippen LogP) is 3.97. The molecule has 80 valence electrons. The van der Waals surface area contributed by atoms with E-state index in [0.717, 1.165) is 0 Å². The summed E-state index contributed by atoms with van der Waals surface area (Å²) in [5.41, 5.74) is 3.67. The summed E-state index contributed by atoms with van der Waals surface area (Å²) in [6.45, 7) is 0. The fourth-order valence-electron chi connectivity index (χ4n) is 1.98. The Morgan fingerprint density at radius 1 is 0.938 bits per heavy atom. The summed E-state index contributed by atoms with van der Waals surface area (Å²) in [5.74, 6) is 0. The van der Waals surface area contributed by atoms with E-state index in [4.69, 9.17) is 0 Å². The maximum atomic E-state index is 3.46. The van der Waals surface area contributed by atoms with E-state index in [9.17, 15) is 0 Å². The molecular weight excluding hydrogens is 311 g/mol. The fourth-order valence-corrected chi connectivity index (χ4v) is 2.94. The van der Waals surface area contributed by atoms with E-state index < -0.39 is 0 Å². The van der Waals surface area contributed by atoms with Crippen molar-refractivity contribution in [1.29, 1.82) is 0 Å². The highest BCUT2D eigenvalue weighted by Gasteiger charge is 2.26. The van der Waals surface area contributed by atoms with Gasteiger partial charge in [0, 0.05) is 5.69 Å². The number of fused-ring (bicyclic) bond motifs is 1. The largest absolute Gasteiger partial charge is 0.355 e. The maximum absolute atomic E-state index is 3.46. The Labute approximate surface area is 108 Å².